The molecule has 0 spiro atoms. The van der Waals surface area contributed by atoms with Crippen molar-refractivity contribution in [2.24, 2.45) is 0 Å². The third-order valence-electron chi connectivity index (χ3n) is 3.32. The van der Waals surface area contributed by atoms with Gasteiger partial charge in [-0.3, -0.25) is 4.79 Å². The van der Waals surface area contributed by atoms with Crippen LogP contribution in [0.1, 0.15) is 17.3 Å². The first-order chi connectivity index (χ1) is 10.1. The summed E-state index contributed by atoms with van der Waals surface area (Å²) in [7, 11) is 3.36. The number of benzene rings is 1. The zero-order valence-electron chi connectivity index (χ0n) is 12.5. The van der Waals surface area contributed by atoms with E-state index < -0.39 is 0 Å². The molecule has 0 saturated carbocycles. The van der Waals surface area contributed by atoms with Crippen LogP contribution in [0.3, 0.4) is 0 Å². The topological polar surface area (TPSA) is 55.3 Å². The van der Waals surface area contributed by atoms with Crippen molar-refractivity contribution in [1.29, 1.82) is 0 Å². The monoisotopic (exact) mass is 285 g/mol. The lowest BCUT2D eigenvalue weighted by atomic mass is 10.2. The normalized spacial score (nSPS) is 12.0. The van der Waals surface area contributed by atoms with Crippen LogP contribution in [0.2, 0.25) is 0 Å². The Morgan fingerprint density at radius 3 is 2.43 bits per heavy atom. The number of ether oxygens (including phenoxy) is 1. The lowest BCUT2D eigenvalue weighted by Gasteiger charge is -2.24. The van der Waals surface area contributed by atoms with Gasteiger partial charge in [-0.2, -0.15) is 0 Å². The molecule has 110 valence electrons. The first-order valence-electron chi connectivity index (χ1n) is 6.77. The molecule has 1 heterocycles. The average Bonchev–Trinajstić information content (AvgIpc) is 2.54. The van der Waals surface area contributed by atoms with Crippen molar-refractivity contribution in [3.8, 4) is 11.4 Å². The van der Waals surface area contributed by atoms with Gasteiger partial charge in [0.05, 0.1) is 18.2 Å². The smallest absolute Gasteiger partial charge is 0.257 e. The second kappa shape index (κ2) is 6.95. The van der Waals surface area contributed by atoms with Gasteiger partial charge >= 0.3 is 0 Å². The van der Waals surface area contributed by atoms with Gasteiger partial charge in [0.25, 0.3) is 5.91 Å². The summed E-state index contributed by atoms with van der Waals surface area (Å²) >= 11 is 0. The quantitative estimate of drug-likeness (QED) is 0.845. The number of hydrogen-bond donors (Lipinski definition) is 0. The summed E-state index contributed by atoms with van der Waals surface area (Å²) in [4.78, 5) is 22.5. The van der Waals surface area contributed by atoms with Crippen molar-refractivity contribution in [2.45, 2.75) is 13.0 Å². The van der Waals surface area contributed by atoms with E-state index in [1.165, 1.54) is 0 Å². The van der Waals surface area contributed by atoms with E-state index in [1.54, 1.807) is 31.5 Å². The Labute approximate surface area is 124 Å². The van der Waals surface area contributed by atoms with E-state index in [-0.39, 0.29) is 11.9 Å². The average molecular weight is 285 g/mol. The highest BCUT2D eigenvalue weighted by atomic mass is 16.5. The summed E-state index contributed by atoms with van der Waals surface area (Å²) in [5.74, 6) is 0.499. The molecule has 1 aromatic carbocycles. The fourth-order valence-electron chi connectivity index (χ4n) is 1.93. The molecule has 1 amide bonds. The largest absolute Gasteiger partial charge is 0.383 e. The number of aromatic nitrogens is 2. The van der Waals surface area contributed by atoms with Gasteiger partial charge in [-0.15, -0.1) is 0 Å². The van der Waals surface area contributed by atoms with E-state index in [1.807, 2.05) is 37.3 Å². The number of rotatable bonds is 5. The molecule has 21 heavy (non-hydrogen) atoms. The minimum absolute atomic E-state index is 0.00343. The standard InChI is InChI=1S/C16H19N3O2/c1-12(11-21-3)19(2)16(20)14-9-17-15(18-10-14)13-7-5-4-6-8-13/h4-10,12H,11H2,1-3H3. The maximum absolute atomic E-state index is 12.3. The summed E-state index contributed by atoms with van der Waals surface area (Å²) in [6.45, 7) is 2.42. The van der Waals surface area contributed by atoms with Crippen molar-refractivity contribution in [2.75, 3.05) is 20.8 Å². The highest BCUT2D eigenvalue weighted by Gasteiger charge is 2.18. The van der Waals surface area contributed by atoms with Crippen LogP contribution in [0.25, 0.3) is 11.4 Å². The molecule has 0 radical (unpaired) electrons. The number of nitrogens with zero attached hydrogens (tertiary/aromatic N) is 3. The van der Waals surface area contributed by atoms with Crippen LogP contribution in [0.15, 0.2) is 42.7 Å². The van der Waals surface area contributed by atoms with E-state index in [4.69, 9.17) is 4.74 Å². The number of carbonyl (C=O) groups is 1. The maximum Gasteiger partial charge on any atom is 0.257 e. The minimum atomic E-state index is -0.112. The SMILES string of the molecule is COCC(C)N(C)C(=O)c1cnc(-c2ccccc2)nc1. The molecule has 1 unspecified atom stereocenters. The van der Waals surface area contributed by atoms with Gasteiger partial charge in [0.2, 0.25) is 0 Å². The van der Waals surface area contributed by atoms with Gasteiger partial charge in [0, 0.05) is 32.1 Å². The highest BCUT2D eigenvalue weighted by molar-refractivity contribution is 5.93. The summed E-state index contributed by atoms with van der Waals surface area (Å²) in [5, 5.41) is 0. The van der Waals surface area contributed by atoms with Gasteiger partial charge < -0.3 is 9.64 Å². The van der Waals surface area contributed by atoms with Crippen LogP contribution in [0.5, 0.6) is 0 Å². The van der Waals surface area contributed by atoms with Crippen LogP contribution in [-0.4, -0.2) is 47.6 Å². The van der Waals surface area contributed by atoms with Crippen LogP contribution in [0, 0.1) is 0 Å². The minimum Gasteiger partial charge on any atom is -0.383 e. The van der Waals surface area contributed by atoms with Gasteiger partial charge in [0.1, 0.15) is 0 Å². The Kier molecular flexibility index (Phi) is 5.00. The fraction of sp³-hybridized carbons (Fsp3) is 0.312. The molecular weight excluding hydrogens is 266 g/mol. The molecule has 5 heteroatoms. The van der Waals surface area contributed by atoms with E-state index in [0.717, 1.165) is 5.56 Å². The molecule has 0 aliphatic rings. The first kappa shape index (κ1) is 15.1. The van der Waals surface area contributed by atoms with E-state index in [2.05, 4.69) is 9.97 Å². The molecule has 0 bridgehead atoms. The number of carbonyl (C=O) groups excluding carboxylic acids is 1. The van der Waals surface area contributed by atoms with E-state index in [9.17, 15) is 4.79 Å². The number of methoxy groups -OCH3 is 1. The van der Waals surface area contributed by atoms with Gasteiger partial charge in [0.15, 0.2) is 5.82 Å². The van der Waals surface area contributed by atoms with Crippen molar-refractivity contribution in [3.63, 3.8) is 0 Å². The Hall–Kier alpha value is -2.27. The van der Waals surface area contributed by atoms with E-state index >= 15 is 0 Å². The van der Waals surface area contributed by atoms with Gasteiger partial charge in [-0.1, -0.05) is 30.3 Å². The molecule has 0 fully saturated rings. The lowest BCUT2D eigenvalue weighted by molar-refractivity contribution is 0.0633. The Morgan fingerprint density at radius 1 is 1.24 bits per heavy atom. The number of hydrogen-bond acceptors (Lipinski definition) is 4. The predicted octanol–water partition coefficient (Wildman–Crippen LogP) is 2.25. The van der Waals surface area contributed by atoms with Crippen molar-refractivity contribution in [1.82, 2.24) is 14.9 Å². The van der Waals surface area contributed by atoms with Crippen LogP contribution >= 0.6 is 0 Å². The third-order valence-corrected chi connectivity index (χ3v) is 3.32. The molecule has 0 aliphatic carbocycles. The second-order valence-electron chi connectivity index (χ2n) is 4.88. The summed E-state index contributed by atoms with van der Waals surface area (Å²) in [6, 6.07) is 9.66. The Bertz CT molecular complexity index is 584. The summed E-state index contributed by atoms with van der Waals surface area (Å²) in [6.07, 6.45) is 3.13. The summed E-state index contributed by atoms with van der Waals surface area (Å²) < 4.78 is 5.06. The zero-order valence-corrected chi connectivity index (χ0v) is 12.5. The number of likely N-dealkylation sites (N-methyl/N-ethyl adjacent to an activating group) is 1. The van der Waals surface area contributed by atoms with Crippen molar-refractivity contribution >= 4 is 5.91 Å². The van der Waals surface area contributed by atoms with Gasteiger partial charge in [-0.05, 0) is 6.92 Å². The van der Waals surface area contributed by atoms with Crippen LogP contribution < -0.4 is 0 Å². The first-order valence-corrected chi connectivity index (χ1v) is 6.77. The van der Waals surface area contributed by atoms with E-state index in [0.29, 0.717) is 18.0 Å². The third kappa shape index (κ3) is 3.64. The molecule has 2 rings (SSSR count). The van der Waals surface area contributed by atoms with Gasteiger partial charge in [-0.25, -0.2) is 9.97 Å². The van der Waals surface area contributed by atoms with Crippen molar-refractivity contribution in [3.05, 3.63) is 48.3 Å². The van der Waals surface area contributed by atoms with Crippen LogP contribution in [-0.2, 0) is 4.74 Å². The molecule has 0 aliphatic heterocycles. The molecule has 5 nitrogen and oxygen atoms in total. The molecule has 0 N–H and O–H groups in total. The number of amides is 1. The Morgan fingerprint density at radius 2 is 1.86 bits per heavy atom. The summed E-state index contributed by atoms with van der Waals surface area (Å²) in [5.41, 5.74) is 1.40. The highest BCUT2D eigenvalue weighted by Crippen LogP contribution is 2.14. The van der Waals surface area contributed by atoms with Crippen molar-refractivity contribution < 1.29 is 9.53 Å². The molecular formula is C16H19N3O2. The second-order valence-corrected chi connectivity index (χ2v) is 4.88. The molecule has 2 aromatic rings. The Balaban J connectivity index is 2.14. The zero-order chi connectivity index (χ0) is 15.2. The maximum atomic E-state index is 12.3. The lowest BCUT2D eigenvalue weighted by Crippen LogP contribution is -2.37. The predicted molar refractivity (Wildman–Crippen MR) is 80.9 cm³/mol. The molecule has 1 aromatic heterocycles. The fourth-order valence-corrected chi connectivity index (χ4v) is 1.93. The molecule has 0 saturated heterocycles. The molecule has 1 atom stereocenters. The van der Waals surface area contributed by atoms with Crippen LogP contribution in [0.4, 0.5) is 0 Å².